The van der Waals surface area contributed by atoms with Crippen molar-refractivity contribution in [2.45, 2.75) is 37.8 Å². The summed E-state index contributed by atoms with van der Waals surface area (Å²) in [4.78, 5) is 0. The van der Waals surface area contributed by atoms with Gasteiger partial charge in [0.1, 0.15) is 0 Å². The first-order valence-corrected chi connectivity index (χ1v) is 9.93. The monoisotopic (exact) mass is 437 g/mol. The van der Waals surface area contributed by atoms with E-state index in [-0.39, 0.29) is 5.60 Å². The molecule has 118 valence electrons. The Morgan fingerprint density at radius 1 is 1.48 bits per heavy atom. The first kappa shape index (κ1) is 16.4. The van der Waals surface area contributed by atoms with Gasteiger partial charge in [-0.3, -0.25) is 0 Å². The van der Waals surface area contributed by atoms with E-state index in [4.69, 9.17) is 9.47 Å². The van der Waals surface area contributed by atoms with Gasteiger partial charge in [0.15, 0.2) is 0 Å². The largest absolute Gasteiger partial charge is 0.378 e. The van der Waals surface area contributed by atoms with Crippen molar-refractivity contribution in [2.24, 2.45) is 5.92 Å². The van der Waals surface area contributed by atoms with Gasteiger partial charge in [0.25, 0.3) is 0 Å². The first-order chi connectivity index (χ1) is 10.1. The zero-order valence-corrected chi connectivity index (χ0v) is 16.2. The average molecular weight is 439 g/mol. The normalized spacial score (nSPS) is 30.9. The van der Waals surface area contributed by atoms with Crippen molar-refractivity contribution >= 4 is 43.2 Å². The molecule has 3 heterocycles. The SMILES string of the molecule is CCNC(c1cc(Br)sc1Br)C1CCOC2(CCOC2)C1. The van der Waals surface area contributed by atoms with Gasteiger partial charge in [-0.1, -0.05) is 6.92 Å². The second-order valence-corrected chi connectivity index (χ2v) is 9.65. The minimum Gasteiger partial charge on any atom is -0.378 e. The molecule has 3 nitrogen and oxygen atoms in total. The van der Waals surface area contributed by atoms with Crippen LogP contribution in [0.4, 0.5) is 0 Å². The van der Waals surface area contributed by atoms with Crippen molar-refractivity contribution in [3.05, 3.63) is 19.2 Å². The molecule has 0 amide bonds. The lowest BCUT2D eigenvalue weighted by Crippen LogP contribution is -2.44. The molecule has 0 radical (unpaired) electrons. The fourth-order valence-electron chi connectivity index (χ4n) is 3.53. The number of hydrogen-bond donors (Lipinski definition) is 1. The van der Waals surface area contributed by atoms with E-state index >= 15 is 0 Å². The fraction of sp³-hybridized carbons (Fsp3) is 0.733. The molecule has 1 aromatic heterocycles. The molecule has 2 aliphatic rings. The Morgan fingerprint density at radius 2 is 2.33 bits per heavy atom. The third-order valence-corrected chi connectivity index (χ3v) is 6.90. The standard InChI is InChI=1S/C15H21Br2NO2S/c1-2-18-13(11-7-12(16)21-14(11)17)10-3-5-20-15(8-10)4-6-19-9-15/h7,10,13,18H,2-6,8-9H2,1H3. The predicted octanol–water partition coefficient (Wildman–Crippen LogP) is 4.51. The molecule has 1 spiro atoms. The fourth-order valence-corrected chi connectivity index (χ4v) is 6.46. The van der Waals surface area contributed by atoms with Crippen LogP contribution in [0, 0.1) is 5.92 Å². The van der Waals surface area contributed by atoms with Gasteiger partial charge in [0.05, 0.1) is 19.8 Å². The number of thiophene rings is 1. The van der Waals surface area contributed by atoms with Crippen LogP contribution in [0.3, 0.4) is 0 Å². The summed E-state index contributed by atoms with van der Waals surface area (Å²) in [5.41, 5.74) is 1.34. The van der Waals surface area contributed by atoms with Crippen molar-refractivity contribution in [3.8, 4) is 0 Å². The molecule has 3 atom stereocenters. The molecule has 21 heavy (non-hydrogen) atoms. The van der Waals surface area contributed by atoms with Gasteiger partial charge < -0.3 is 14.8 Å². The van der Waals surface area contributed by atoms with Crippen molar-refractivity contribution in [2.75, 3.05) is 26.4 Å². The van der Waals surface area contributed by atoms with Crippen LogP contribution < -0.4 is 5.32 Å². The highest BCUT2D eigenvalue weighted by Gasteiger charge is 2.43. The Labute approximate surface area is 147 Å². The highest BCUT2D eigenvalue weighted by molar-refractivity contribution is 9.12. The minimum atomic E-state index is -0.0314. The maximum absolute atomic E-state index is 6.09. The first-order valence-electron chi connectivity index (χ1n) is 7.53. The molecule has 2 fully saturated rings. The highest BCUT2D eigenvalue weighted by Crippen LogP contribution is 2.44. The molecular weight excluding hydrogens is 418 g/mol. The smallest absolute Gasteiger partial charge is 0.0940 e. The lowest BCUT2D eigenvalue weighted by molar-refractivity contribution is -0.103. The summed E-state index contributed by atoms with van der Waals surface area (Å²) >= 11 is 9.07. The van der Waals surface area contributed by atoms with Gasteiger partial charge in [-0.25, -0.2) is 0 Å². The molecule has 6 heteroatoms. The van der Waals surface area contributed by atoms with Crippen molar-refractivity contribution in [3.63, 3.8) is 0 Å². The summed E-state index contributed by atoms with van der Waals surface area (Å²) < 4.78 is 14.1. The minimum absolute atomic E-state index is 0.0314. The number of halogens is 2. The van der Waals surface area contributed by atoms with Crippen LogP contribution in [-0.2, 0) is 9.47 Å². The van der Waals surface area contributed by atoms with E-state index in [1.807, 2.05) is 0 Å². The third kappa shape index (κ3) is 3.56. The molecule has 0 aliphatic carbocycles. The molecule has 3 rings (SSSR count). The molecule has 0 aromatic carbocycles. The molecular formula is C15H21Br2NO2S. The van der Waals surface area contributed by atoms with Crippen molar-refractivity contribution in [1.82, 2.24) is 5.32 Å². The van der Waals surface area contributed by atoms with Gasteiger partial charge in [-0.2, -0.15) is 0 Å². The van der Waals surface area contributed by atoms with E-state index in [0.29, 0.717) is 12.0 Å². The van der Waals surface area contributed by atoms with Gasteiger partial charge >= 0.3 is 0 Å². The van der Waals surface area contributed by atoms with E-state index in [1.54, 1.807) is 11.3 Å². The Morgan fingerprint density at radius 3 is 2.95 bits per heavy atom. The second kappa shape index (κ2) is 6.97. The Bertz CT molecular complexity index is 488. The zero-order valence-electron chi connectivity index (χ0n) is 12.2. The molecule has 1 N–H and O–H groups in total. The second-order valence-electron chi connectivity index (χ2n) is 5.90. The number of rotatable bonds is 4. The topological polar surface area (TPSA) is 30.5 Å². The van der Waals surface area contributed by atoms with Crippen LogP contribution in [0.15, 0.2) is 13.6 Å². The van der Waals surface area contributed by atoms with Gasteiger partial charge in [0, 0.05) is 25.7 Å². The summed E-state index contributed by atoms with van der Waals surface area (Å²) in [5, 5.41) is 3.69. The van der Waals surface area contributed by atoms with Crippen molar-refractivity contribution in [1.29, 1.82) is 0 Å². The maximum Gasteiger partial charge on any atom is 0.0940 e. The van der Waals surface area contributed by atoms with E-state index in [0.717, 1.165) is 45.6 Å². The van der Waals surface area contributed by atoms with Crippen LogP contribution in [0.1, 0.15) is 37.8 Å². The van der Waals surface area contributed by atoms with Crippen LogP contribution in [0.2, 0.25) is 0 Å². The molecule has 0 saturated carbocycles. The molecule has 1 aromatic rings. The van der Waals surface area contributed by atoms with Crippen molar-refractivity contribution < 1.29 is 9.47 Å². The van der Waals surface area contributed by atoms with E-state index < -0.39 is 0 Å². The lowest BCUT2D eigenvalue weighted by Gasteiger charge is -2.40. The number of nitrogens with one attached hydrogen (secondary N) is 1. The van der Waals surface area contributed by atoms with E-state index in [1.165, 1.54) is 13.1 Å². The number of hydrogen-bond acceptors (Lipinski definition) is 4. The molecule has 3 unspecified atom stereocenters. The molecule has 2 saturated heterocycles. The predicted molar refractivity (Wildman–Crippen MR) is 93.0 cm³/mol. The average Bonchev–Trinajstić information content (AvgIpc) is 3.03. The Kier molecular flexibility index (Phi) is 5.44. The lowest BCUT2D eigenvalue weighted by atomic mass is 9.79. The number of ether oxygens (including phenoxy) is 2. The summed E-state index contributed by atoms with van der Waals surface area (Å²) in [5.74, 6) is 0.596. The van der Waals surface area contributed by atoms with Crippen LogP contribution in [-0.4, -0.2) is 32.0 Å². The molecule has 2 aliphatic heterocycles. The Hall–Kier alpha value is 0.540. The third-order valence-electron chi connectivity index (χ3n) is 4.51. The highest BCUT2D eigenvalue weighted by atomic mass is 79.9. The van der Waals surface area contributed by atoms with Crippen LogP contribution >= 0.6 is 43.2 Å². The quantitative estimate of drug-likeness (QED) is 0.749. The van der Waals surface area contributed by atoms with E-state index in [2.05, 4.69) is 50.2 Å². The molecule has 0 bridgehead atoms. The summed E-state index contributed by atoms with van der Waals surface area (Å²) in [7, 11) is 0. The summed E-state index contributed by atoms with van der Waals surface area (Å²) in [6.45, 7) is 5.60. The Balaban J connectivity index is 1.81. The summed E-state index contributed by atoms with van der Waals surface area (Å²) in [6.07, 6.45) is 3.24. The van der Waals surface area contributed by atoms with Crippen LogP contribution in [0.25, 0.3) is 0 Å². The van der Waals surface area contributed by atoms with Gasteiger partial charge in [0.2, 0.25) is 0 Å². The zero-order chi connectivity index (χ0) is 14.9. The van der Waals surface area contributed by atoms with Gasteiger partial charge in [-0.15, -0.1) is 11.3 Å². The van der Waals surface area contributed by atoms with Crippen LogP contribution in [0.5, 0.6) is 0 Å². The maximum atomic E-state index is 6.09. The summed E-state index contributed by atoms with van der Waals surface area (Å²) in [6, 6.07) is 2.63. The van der Waals surface area contributed by atoms with Gasteiger partial charge in [-0.05, 0) is 68.8 Å². The van der Waals surface area contributed by atoms with E-state index in [9.17, 15) is 0 Å².